The quantitative estimate of drug-likeness (QED) is 0.0184. The van der Waals surface area contributed by atoms with Crippen LogP contribution < -0.4 is 0 Å². The number of ether oxygens (including phenoxy) is 6. The third kappa shape index (κ3) is 26.7. The van der Waals surface area contributed by atoms with Gasteiger partial charge in [0, 0.05) is 12.8 Å². The number of rotatable bonds is 40. The van der Waals surface area contributed by atoms with Crippen LogP contribution in [0.15, 0.2) is 24.3 Å². The van der Waals surface area contributed by atoms with Gasteiger partial charge in [0.2, 0.25) is 0 Å². The number of unbranched alkanes of at least 4 members (excludes halogenated alkanes) is 22. The Bertz CT molecular complexity index is 1250. The molecule has 0 spiro atoms. The van der Waals surface area contributed by atoms with Gasteiger partial charge in [-0.3, -0.25) is 9.59 Å². The maximum absolute atomic E-state index is 13.0. The lowest BCUT2D eigenvalue weighted by Gasteiger charge is -2.42. The van der Waals surface area contributed by atoms with Gasteiger partial charge in [-0.2, -0.15) is 0 Å². The lowest BCUT2D eigenvalue weighted by Crippen LogP contribution is -2.61. The summed E-state index contributed by atoms with van der Waals surface area (Å²) in [7, 11) is 0. The SMILES string of the molecule is CCCCCCCCCCC/C=C/CCCCC(=O)O[C@H](COC(=O)CC/C=C/CCCCCCCCCCCCC)CO[C@@H]1O[C@H](CO[C@@H]2O[C@H](CO)[C@H](O)C(O)C2O)[C@H](O)C(O)C1O. The molecule has 11 atom stereocenters. The molecule has 0 amide bonds. The summed E-state index contributed by atoms with van der Waals surface area (Å²) in [6.45, 7) is 2.54. The smallest absolute Gasteiger partial charge is 0.306 e. The fourth-order valence-corrected chi connectivity index (χ4v) is 8.11. The summed E-state index contributed by atoms with van der Waals surface area (Å²) in [5, 5.41) is 72.0. The first-order valence-corrected chi connectivity index (χ1v) is 25.9. The first kappa shape index (κ1) is 60.1. The Morgan fingerprint density at radius 3 is 1.39 bits per heavy atom. The average molecular weight is 945 g/mol. The van der Waals surface area contributed by atoms with E-state index in [2.05, 4.69) is 32.1 Å². The van der Waals surface area contributed by atoms with Crippen molar-refractivity contribution >= 4 is 11.9 Å². The highest BCUT2D eigenvalue weighted by Crippen LogP contribution is 2.26. The van der Waals surface area contributed by atoms with Crippen molar-refractivity contribution in [3.63, 3.8) is 0 Å². The molecule has 15 nitrogen and oxygen atoms in total. The van der Waals surface area contributed by atoms with Gasteiger partial charge in [0.1, 0.15) is 55.4 Å². The summed E-state index contributed by atoms with van der Waals surface area (Å²) in [5.74, 6) is -1.00. The van der Waals surface area contributed by atoms with E-state index in [0.29, 0.717) is 12.8 Å². The zero-order chi connectivity index (χ0) is 48.2. The Kier molecular flexibility index (Phi) is 35.3. The Balaban J connectivity index is 1.83. The number of carbonyl (C=O) groups excluding carboxylic acids is 2. The number of allylic oxidation sites excluding steroid dienone is 4. The standard InChI is InChI=1S/C51H92O15/c1-3-5-7-9-11-13-15-17-19-21-23-25-27-29-31-33-42(53)61-36-39(64-43(54)34-32-30-28-26-24-22-20-18-16-14-12-10-8-6-4-2)37-62-50-49(60)47(58)45(56)41(66-50)38-63-51-48(59)46(57)44(55)40(35-52)65-51/h24,26-27,29,39-41,44-52,55-60H,3-23,25,28,30-38H2,1-2H3/b26-24+,29-27+/t39-,40-,41-,44+,45+,46?,47?,48?,49?,50-,51-/m1/s1. The highest BCUT2D eigenvalue weighted by molar-refractivity contribution is 5.70. The molecule has 0 bridgehead atoms. The second-order valence-corrected chi connectivity index (χ2v) is 18.3. The predicted octanol–water partition coefficient (Wildman–Crippen LogP) is 7.16. The van der Waals surface area contributed by atoms with Gasteiger partial charge < -0.3 is 64.2 Å². The van der Waals surface area contributed by atoms with Gasteiger partial charge in [0.05, 0.1) is 19.8 Å². The second kappa shape index (κ2) is 38.8. The molecular formula is C51H92O15. The molecule has 2 saturated heterocycles. The van der Waals surface area contributed by atoms with Crippen LogP contribution in [-0.2, 0) is 38.0 Å². The molecule has 386 valence electrons. The van der Waals surface area contributed by atoms with Crippen LogP contribution in [0.2, 0.25) is 0 Å². The fourth-order valence-electron chi connectivity index (χ4n) is 8.11. The molecule has 2 rings (SSSR count). The number of hydrogen-bond donors (Lipinski definition) is 7. The van der Waals surface area contributed by atoms with Crippen LogP contribution in [0.1, 0.15) is 194 Å². The van der Waals surface area contributed by atoms with Gasteiger partial charge in [0.15, 0.2) is 18.7 Å². The van der Waals surface area contributed by atoms with Crippen LogP contribution in [0.25, 0.3) is 0 Å². The van der Waals surface area contributed by atoms with E-state index in [1.807, 2.05) is 6.08 Å². The van der Waals surface area contributed by atoms with Crippen LogP contribution in [-0.4, -0.2) is 142 Å². The van der Waals surface area contributed by atoms with E-state index >= 15 is 0 Å². The predicted molar refractivity (Wildman–Crippen MR) is 252 cm³/mol. The van der Waals surface area contributed by atoms with E-state index in [0.717, 1.165) is 32.1 Å². The van der Waals surface area contributed by atoms with Crippen molar-refractivity contribution in [3.8, 4) is 0 Å². The van der Waals surface area contributed by atoms with E-state index in [1.165, 1.54) is 122 Å². The molecule has 15 heteroatoms. The van der Waals surface area contributed by atoms with Crippen molar-refractivity contribution in [1.82, 2.24) is 0 Å². The second-order valence-electron chi connectivity index (χ2n) is 18.3. The summed E-state index contributed by atoms with van der Waals surface area (Å²) in [6, 6.07) is 0. The molecule has 0 saturated carbocycles. The zero-order valence-corrected chi connectivity index (χ0v) is 40.7. The van der Waals surface area contributed by atoms with Gasteiger partial charge in [-0.25, -0.2) is 0 Å². The van der Waals surface area contributed by atoms with E-state index < -0.39 is 99.3 Å². The van der Waals surface area contributed by atoms with Crippen molar-refractivity contribution in [2.45, 2.75) is 261 Å². The molecular weight excluding hydrogens is 853 g/mol. The van der Waals surface area contributed by atoms with E-state index in [9.17, 15) is 45.3 Å². The van der Waals surface area contributed by atoms with Crippen molar-refractivity contribution in [2.24, 2.45) is 0 Å². The third-order valence-electron chi connectivity index (χ3n) is 12.4. The number of esters is 2. The van der Waals surface area contributed by atoms with Crippen molar-refractivity contribution in [3.05, 3.63) is 24.3 Å². The van der Waals surface area contributed by atoms with E-state index in [1.54, 1.807) is 0 Å². The molecule has 4 unspecified atom stereocenters. The summed E-state index contributed by atoms with van der Waals surface area (Å²) >= 11 is 0. The molecule has 2 fully saturated rings. The number of aliphatic hydroxyl groups excluding tert-OH is 7. The highest BCUT2D eigenvalue weighted by Gasteiger charge is 2.47. The van der Waals surface area contributed by atoms with E-state index in [4.69, 9.17) is 28.4 Å². The summed E-state index contributed by atoms with van der Waals surface area (Å²) in [4.78, 5) is 25.7. The van der Waals surface area contributed by atoms with Gasteiger partial charge in [-0.05, 0) is 51.4 Å². The first-order chi connectivity index (χ1) is 32.0. The monoisotopic (exact) mass is 945 g/mol. The normalized spacial score (nSPS) is 26.3. The summed E-state index contributed by atoms with van der Waals surface area (Å²) in [6.07, 6.45) is 22.2. The minimum absolute atomic E-state index is 0.130. The summed E-state index contributed by atoms with van der Waals surface area (Å²) in [5.41, 5.74) is 0. The Morgan fingerprint density at radius 1 is 0.470 bits per heavy atom. The first-order valence-electron chi connectivity index (χ1n) is 25.9. The van der Waals surface area contributed by atoms with Gasteiger partial charge in [-0.15, -0.1) is 0 Å². The lowest BCUT2D eigenvalue weighted by atomic mass is 9.98. The molecule has 2 heterocycles. The zero-order valence-electron chi connectivity index (χ0n) is 40.7. The maximum Gasteiger partial charge on any atom is 0.306 e. The molecule has 0 aromatic rings. The largest absolute Gasteiger partial charge is 0.462 e. The van der Waals surface area contributed by atoms with Crippen LogP contribution in [0, 0.1) is 0 Å². The number of carbonyl (C=O) groups is 2. The van der Waals surface area contributed by atoms with Crippen molar-refractivity contribution in [2.75, 3.05) is 26.4 Å². The molecule has 0 aliphatic carbocycles. The highest BCUT2D eigenvalue weighted by atomic mass is 16.7. The maximum atomic E-state index is 13.0. The van der Waals surface area contributed by atoms with Gasteiger partial charge in [-0.1, -0.05) is 154 Å². The van der Waals surface area contributed by atoms with Gasteiger partial charge in [0.25, 0.3) is 0 Å². The van der Waals surface area contributed by atoms with Crippen molar-refractivity contribution < 1.29 is 73.8 Å². The van der Waals surface area contributed by atoms with Crippen LogP contribution in [0.4, 0.5) is 0 Å². The molecule has 2 aliphatic rings. The average Bonchev–Trinajstić information content (AvgIpc) is 3.31. The Hall–Kier alpha value is -2.02. The minimum Gasteiger partial charge on any atom is -0.462 e. The minimum atomic E-state index is -1.77. The van der Waals surface area contributed by atoms with Crippen molar-refractivity contribution in [1.29, 1.82) is 0 Å². The third-order valence-corrected chi connectivity index (χ3v) is 12.4. The van der Waals surface area contributed by atoms with Gasteiger partial charge >= 0.3 is 11.9 Å². The molecule has 0 radical (unpaired) electrons. The molecule has 2 aliphatic heterocycles. The summed E-state index contributed by atoms with van der Waals surface area (Å²) < 4.78 is 33.5. The molecule has 66 heavy (non-hydrogen) atoms. The van der Waals surface area contributed by atoms with Crippen LogP contribution in [0.5, 0.6) is 0 Å². The molecule has 0 aromatic heterocycles. The molecule has 7 N–H and O–H groups in total. The van der Waals surface area contributed by atoms with Crippen LogP contribution in [0.3, 0.4) is 0 Å². The topological polar surface area (TPSA) is 231 Å². The Labute approximate surface area is 396 Å². The lowest BCUT2D eigenvalue weighted by molar-refractivity contribution is -0.332. The number of hydrogen-bond acceptors (Lipinski definition) is 15. The number of aliphatic hydroxyl groups is 7. The van der Waals surface area contributed by atoms with Crippen LogP contribution >= 0.6 is 0 Å². The van der Waals surface area contributed by atoms with E-state index in [-0.39, 0.29) is 19.4 Å². The Morgan fingerprint density at radius 2 is 0.894 bits per heavy atom. The molecule has 0 aromatic carbocycles. The fraction of sp³-hybridized carbons (Fsp3) is 0.882.